The van der Waals surface area contributed by atoms with Crippen molar-refractivity contribution < 1.29 is 46.1 Å². The second-order valence-corrected chi connectivity index (χ2v) is 10.2. The number of hydrogen-bond acceptors (Lipinski definition) is 6. The van der Waals surface area contributed by atoms with Gasteiger partial charge in [-0.15, -0.1) is 13.2 Å². The Labute approximate surface area is 216 Å². The minimum Gasteiger partial charge on any atom is -0.405 e. The van der Waals surface area contributed by atoms with E-state index < -0.39 is 42.2 Å². The largest absolute Gasteiger partial charge is 0.573 e. The van der Waals surface area contributed by atoms with E-state index in [9.17, 15) is 31.9 Å². The van der Waals surface area contributed by atoms with Crippen LogP contribution in [0.4, 0.5) is 27.6 Å². The number of aliphatic hydroxyl groups is 1. The number of ether oxygens (including phenoxy) is 3. The number of anilines is 1. The number of fused-ring (bicyclic) bond motifs is 1. The highest BCUT2D eigenvalue weighted by Crippen LogP contribution is 2.37. The fraction of sp³-hybridized carbons (Fsp3) is 0.500. The summed E-state index contributed by atoms with van der Waals surface area (Å²) in [4.78, 5) is 14.6. The predicted molar refractivity (Wildman–Crippen MR) is 127 cm³/mol. The summed E-state index contributed by atoms with van der Waals surface area (Å²) < 4.78 is 82.4. The maximum absolute atomic E-state index is 14.0. The van der Waals surface area contributed by atoms with Gasteiger partial charge in [0.1, 0.15) is 12.4 Å². The van der Waals surface area contributed by atoms with E-state index in [2.05, 4.69) is 10.1 Å². The van der Waals surface area contributed by atoms with Crippen LogP contribution in [0.15, 0.2) is 36.4 Å². The van der Waals surface area contributed by atoms with E-state index in [1.165, 1.54) is 31.2 Å². The Hall–Kier alpha value is -2.96. The minimum atomic E-state index is -4.96. The number of rotatable bonds is 8. The quantitative estimate of drug-likeness (QED) is 0.470. The lowest BCUT2D eigenvalue weighted by atomic mass is 9.97. The summed E-state index contributed by atoms with van der Waals surface area (Å²) >= 11 is 0. The first-order valence-electron chi connectivity index (χ1n) is 12.0. The number of hydrogen-bond donors (Lipinski definition) is 2. The number of carbonyl (C=O) groups is 1. The monoisotopic (exact) mass is 544 g/mol. The lowest BCUT2D eigenvalue weighted by Crippen LogP contribution is -2.53. The Morgan fingerprint density at radius 1 is 1.21 bits per heavy atom. The zero-order valence-corrected chi connectivity index (χ0v) is 21.1. The summed E-state index contributed by atoms with van der Waals surface area (Å²) in [5.41, 5.74) is -0.402. The number of alkyl halides is 5. The first-order chi connectivity index (χ1) is 17.6. The van der Waals surface area contributed by atoms with Crippen LogP contribution in [-0.2, 0) is 22.0 Å². The Morgan fingerprint density at radius 2 is 1.92 bits per heavy atom. The third kappa shape index (κ3) is 6.72. The fourth-order valence-electron chi connectivity index (χ4n) is 4.30. The smallest absolute Gasteiger partial charge is 0.405 e. The second kappa shape index (κ2) is 10.3. The number of nitrogens with one attached hydrogen (secondary N) is 1. The molecule has 0 radical (unpaired) electrons. The Morgan fingerprint density at radius 3 is 2.58 bits per heavy atom. The van der Waals surface area contributed by atoms with Gasteiger partial charge in [-0.05, 0) is 44.5 Å². The maximum Gasteiger partial charge on any atom is 0.573 e. The van der Waals surface area contributed by atoms with Crippen LogP contribution in [0.5, 0.6) is 5.75 Å². The average molecular weight is 545 g/mol. The molecule has 1 amide bonds. The summed E-state index contributed by atoms with van der Waals surface area (Å²) in [6.45, 7) is 4.88. The van der Waals surface area contributed by atoms with Gasteiger partial charge in [-0.1, -0.05) is 12.1 Å². The van der Waals surface area contributed by atoms with Crippen molar-refractivity contribution in [2.24, 2.45) is 0 Å². The highest BCUT2D eigenvalue weighted by atomic mass is 19.4. The number of carbonyl (C=O) groups excluding carboxylic acids is 1. The predicted octanol–water partition coefficient (Wildman–Crippen LogP) is 4.67. The molecule has 7 nitrogen and oxygen atoms in total. The van der Waals surface area contributed by atoms with Crippen molar-refractivity contribution in [2.75, 3.05) is 31.2 Å². The van der Waals surface area contributed by atoms with Crippen LogP contribution in [0, 0.1) is 0 Å². The zero-order valence-electron chi connectivity index (χ0n) is 21.1. The van der Waals surface area contributed by atoms with Gasteiger partial charge in [0.25, 0.3) is 11.8 Å². The van der Waals surface area contributed by atoms with E-state index in [0.717, 1.165) is 6.07 Å². The molecule has 4 rings (SSSR count). The highest BCUT2D eigenvalue weighted by molar-refractivity contribution is 5.94. The Kier molecular flexibility index (Phi) is 7.61. The van der Waals surface area contributed by atoms with Crippen LogP contribution >= 0.6 is 0 Å². The third-order valence-corrected chi connectivity index (χ3v) is 6.22. The molecule has 1 atom stereocenters. The molecule has 12 heteroatoms. The summed E-state index contributed by atoms with van der Waals surface area (Å²) in [5.74, 6) is -4.28. The van der Waals surface area contributed by atoms with Crippen molar-refractivity contribution in [3.8, 4) is 5.75 Å². The molecule has 38 heavy (non-hydrogen) atoms. The zero-order chi connectivity index (χ0) is 27.9. The van der Waals surface area contributed by atoms with Gasteiger partial charge in [0.2, 0.25) is 0 Å². The molecule has 1 saturated heterocycles. The molecule has 0 saturated carbocycles. The molecule has 1 fully saturated rings. The van der Waals surface area contributed by atoms with Crippen molar-refractivity contribution in [1.29, 1.82) is 0 Å². The fourth-order valence-corrected chi connectivity index (χ4v) is 4.30. The standard InChI is InChI=1S/C26H29F5N2O5/c1-15(32-23(34)16-4-7-21-17(8-16)12-36-14-25(21,27)28)20-6-5-18(9-22(20)38-26(29,30)31)33-10-19(11-33)37-13-24(2,3)35/h4-9,15,19,35H,10-14H2,1-3H3,(H,32,34)/t15-/m0/s1. The van der Waals surface area contributed by atoms with Crippen LogP contribution in [0.25, 0.3) is 0 Å². The molecule has 208 valence electrons. The first-order valence-corrected chi connectivity index (χ1v) is 12.0. The SMILES string of the molecule is C[C@H](NC(=O)c1ccc2c(c1)COCC2(F)F)c1ccc(N2CC(OCC(C)(C)O)C2)cc1OC(F)(F)F. The molecule has 2 aliphatic heterocycles. The summed E-state index contributed by atoms with van der Waals surface area (Å²) in [6, 6.07) is 7.10. The number of nitrogens with zero attached hydrogens (tertiary/aromatic N) is 1. The van der Waals surface area contributed by atoms with Gasteiger partial charge in [-0.3, -0.25) is 4.79 Å². The lowest BCUT2D eigenvalue weighted by molar-refractivity contribution is -0.274. The molecule has 0 aromatic heterocycles. The first kappa shape index (κ1) is 28.1. The van der Waals surface area contributed by atoms with Gasteiger partial charge in [-0.2, -0.15) is 8.78 Å². The molecule has 2 aliphatic rings. The summed E-state index contributed by atoms with van der Waals surface area (Å²) in [5, 5.41) is 12.4. The van der Waals surface area contributed by atoms with Crippen LogP contribution in [0.2, 0.25) is 0 Å². The van der Waals surface area contributed by atoms with E-state index in [0.29, 0.717) is 18.8 Å². The van der Waals surface area contributed by atoms with Crippen molar-refractivity contribution in [3.63, 3.8) is 0 Å². The van der Waals surface area contributed by atoms with Crippen molar-refractivity contribution in [2.45, 2.75) is 57.4 Å². The Bertz CT molecular complexity index is 1180. The van der Waals surface area contributed by atoms with Gasteiger partial charge >= 0.3 is 6.36 Å². The van der Waals surface area contributed by atoms with Crippen LogP contribution < -0.4 is 15.0 Å². The van der Waals surface area contributed by atoms with Gasteiger partial charge in [0.05, 0.1) is 31.0 Å². The molecule has 0 bridgehead atoms. The summed E-state index contributed by atoms with van der Waals surface area (Å²) in [7, 11) is 0. The Balaban J connectivity index is 1.47. The highest BCUT2D eigenvalue weighted by Gasteiger charge is 2.38. The van der Waals surface area contributed by atoms with E-state index in [1.54, 1.807) is 24.8 Å². The van der Waals surface area contributed by atoms with Gasteiger partial charge in [0, 0.05) is 41.5 Å². The second-order valence-electron chi connectivity index (χ2n) is 10.2. The van der Waals surface area contributed by atoms with E-state index in [4.69, 9.17) is 9.47 Å². The van der Waals surface area contributed by atoms with Crippen molar-refractivity contribution >= 4 is 11.6 Å². The van der Waals surface area contributed by atoms with E-state index in [1.807, 2.05) is 0 Å². The molecule has 2 aromatic carbocycles. The lowest BCUT2D eigenvalue weighted by Gasteiger charge is -2.41. The third-order valence-electron chi connectivity index (χ3n) is 6.22. The number of amides is 1. The molecule has 0 unspecified atom stereocenters. The minimum absolute atomic E-state index is 0.0736. The van der Waals surface area contributed by atoms with E-state index in [-0.39, 0.29) is 41.6 Å². The van der Waals surface area contributed by atoms with Crippen molar-refractivity contribution in [3.05, 3.63) is 58.7 Å². The van der Waals surface area contributed by atoms with Gasteiger partial charge in [0.15, 0.2) is 0 Å². The topological polar surface area (TPSA) is 80.3 Å². The van der Waals surface area contributed by atoms with Crippen molar-refractivity contribution in [1.82, 2.24) is 5.32 Å². The number of halogens is 5. The van der Waals surface area contributed by atoms with Gasteiger partial charge in [-0.25, -0.2) is 0 Å². The number of benzene rings is 2. The molecule has 2 aromatic rings. The maximum atomic E-state index is 14.0. The average Bonchev–Trinajstić information content (AvgIpc) is 2.75. The van der Waals surface area contributed by atoms with Crippen LogP contribution in [0.3, 0.4) is 0 Å². The molecule has 0 aliphatic carbocycles. The molecular weight excluding hydrogens is 515 g/mol. The molecular formula is C26H29F5N2O5. The normalized spacial score (nSPS) is 18.4. The van der Waals surface area contributed by atoms with Crippen LogP contribution in [-0.4, -0.2) is 55.4 Å². The summed E-state index contributed by atoms with van der Waals surface area (Å²) in [6.07, 6.45) is -5.14. The van der Waals surface area contributed by atoms with E-state index >= 15 is 0 Å². The van der Waals surface area contributed by atoms with Gasteiger partial charge < -0.3 is 29.5 Å². The molecule has 2 heterocycles. The molecule has 0 spiro atoms. The molecule has 2 N–H and O–H groups in total. The van der Waals surface area contributed by atoms with Crippen LogP contribution in [0.1, 0.15) is 53.9 Å².